The minimum atomic E-state index is 0.213. The Bertz CT molecular complexity index is 560. The van der Waals surface area contributed by atoms with Crippen LogP contribution in [-0.2, 0) is 4.79 Å². The lowest BCUT2D eigenvalue weighted by molar-refractivity contribution is -0.137. The topological polar surface area (TPSA) is 52.6 Å². The van der Waals surface area contributed by atoms with Gasteiger partial charge in [-0.25, -0.2) is 4.98 Å². The summed E-state index contributed by atoms with van der Waals surface area (Å²) < 4.78 is 0. The molecule has 1 aromatic rings. The van der Waals surface area contributed by atoms with Crippen molar-refractivity contribution in [3.63, 3.8) is 0 Å². The van der Waals surface area contributed by atoms with Gasteiger partial charge in [0.05, 0.1) is 5.69 Å². The van der Waals surface area contributed by atoms with Crippen molar-refractivity contribution < 1.29 is 4.79 Å². The second-order valence-electron chi connectivity index (χ2n) is 7.18. The largest absolute Gasteiger partial charge is 0.352 e. The number of aryl methyl sites for hydroxylation is 1. The number of hydrogen-bond acceptors (Lipinski definition) is 5. The van der Waals surface area contributed by atoms with E-state index in [0.717, 1.165) is 63.6 Å². The van der Waals surface area contributed by atoms with E-state index in [1.165, 1.54) is 0 Å². The van der Waals surface area contributed by atoms with Gasteiger partial charge in [0.15, 0.2) is 0 Å². The maximum Gasteiger partial charge on any atom is 0.225 e. The zero-order chi connectivity index (χ0) is 17.1. The fourth-order valence-electron chi connectivity index (χ4n) is 3.77. The van der Waals surface area contributed by atoms with Gasteiger partial charge in [0, 0.05) is 50.5 Å². The summed E-state index contributed by atoms with van der Waals surface area (Å²) in [6.45, 7) is 11.8. The summed E-state index contributed by atoms with van der Waals surface area (Å²) in [7, 11) is 0. The Morgan fingerprint density at radius 2 is 1.67 bits per heavy atom. The second kappa shape index (κ2) is 7.47. The number of likely N-dealkylation sites (tertiary alicyclic amines) is 1. The standard InChI is InChI=1S/C18H29N5O/c1-14(2)21-8-4-16(5-9-21)18(24)23-12-10-22(11-13-23)17-15(3)19-6-7-20-17/h6-7,14,16H,4-5,8-13H2,1-3H3. The molecule has 0 N–H and O–H groups in total. The van der Waals surface area contributed by atoms with Crippen LogP contribution in [0.2, 0.25) is 0 Å². The van der Waals surface area contributed by atoms with Crippen LogP contribution in [0, 0.1) is 12.8 Å². The summed E-state index contributed by atoms with van der Waals surface area (Å²) >= 11 is 0. The van der Waals surface area contributed by atoms with Gasteiger partial charge in [-0.1, -0.05) is 0 Å². The lowest BCUT2D eigenvalue weighted by Gasteiger charge is -2.39. The molecule has 0 aliphatic carbocycles. The molecule has 6 heteroatoms. The molecule has 0 atom stereocenters. The summed E-state index contributed by atoms with van der Waals surface area (Å²) in [6.07, 6.45) is 5.46. The van der Waals surface area contributed by atoms with Crippen molar-refractivity contribution in [2.45, 2.75) is 39.7 Å². The third-order valence-electron chi connectivity index (χ3n) is 5.36. The Hall–Kier alpha value is -1.69. The van der Waals surface area contributed by atoms with Crippen molar-refractivity contribution in [3.8, 4) is 0 Å². The molecule has 2 aliphatic rings. The lowest BCUT2D eigenvalue weighted by atomic mass is 9.94. The summed E-state index contributed by atoms with van der Waals surface area (Å²) in [5.74, 6) is 1.52. The zero-order valence-electron chi connectivity index (χ0n) is 15.1. The monoisotopic (exact) mass is 331 g/mol. The molecular formula is C18H29N5O. The van der Waals surface area contributed by atoms with Gasteiger partial charge in [-0.2, -0.15) is 0 Å². The van der Waals surface area contributed by atoms with Gasteiger partial charge < -0.3 is 14.7 Å². The molecule has 2 aliphatic heterocycles. The minimum absolute atomic E-state index is 0.213. The maximum absolute atomic E-state index is 12.8. The highest BCUT2D eigenvalue weighted by atomic mass is 16.2. The molecule has 3 rings (SSSR count). The number of aromatic nitrogens is 2. The first-order valence-electron chi connectivity index (χ1n) is 9.11. The molecule has 24 heavy (non-hydrogen) atoms. The molecule has 1 aromatic heterocycles. The number of carbonyl (C=O) groups is 1. The molecule has 0 radical (unpaired) electrons. The number of anilines is 1. The Labute approximate surface area is 144 Å². The Morgan fingerprint density at radius 3 is 2.25 bits per heavy atom. The Morgan fingerprint density at radius 1 is 1.04 bits per heavy atom. The molecule has 2 saturated heterocycles. The maximum atomic E-state index is 12.8. The van der Waals surface area contributed by atoms with Gasteiger partial charge in [0.25, 0.3) is 0 Å². The third kappa shape index (κ3) is 3.69. The first kappa shape index (κ1) is 17.1. The SMILES string of the molecule is Cc1nccnc1N1CCN(C(=O)C2CCN(C(C)C)CC2)CC1. The van der Waals surface area contributed by atoms with Crippen molar-refractivity contribution in [2.24, 2.45) is 5.92 Å². The number of rotatable bonds is 3. The van der Waals surface area contributed by atoms with E-state index in [-0.39, 0.29) is 5.92 Å². The number of piperazine rings is 1. The van der Waals surface area contributed by atoms with Crippen molar-refractivity contribution in [1.82, 2.24) is 19.8 Å². The Balaban J connectivity index is 1.52. The predicted octanol–water partition coefficient (Wildman–Crippen LogP) is 1.55. The zero-order valence-corrected chi connectivity index (χ0v) is 15.1. The molecule has 1 amide bonds. The molecule has 0 spiro atoms. The van der Waals surface area contributed by atoms with Crippen LogP contribution < -0.4 is 4.90 Å². The highest BCUT2D eigenvalue weighted by Gasteiger charge is 2.31. The highest BCUT2D eigenvalue weighted by molar-refractivity contribution is 5.79. The van der Waals surface area contributed by atoms with Crippen LogP contribution in [0.3, 0.4) is 0 Å². The summed E-state index contributed by atoms with van der Waals surface area (Å²) in [5, 5.41) is 0. The van der Waals surface area contributed by atoms with E-state index < -0.39 is 0 Å². The van der Waals surface area contributed by atoms with Crippen molar-refractivity contribution in [1.29, 1.82) is 0 Å². The van der Waals surface area contributed by atoms with Gasteiger partial charge in [0.1, 0.15) is 5.82 Å². The van der Waals surface area contributed by atoms with E-state index in [4.69, 9.17) is 0 Å². The summed E-state index contributed by atoms with van der Waals surface area (Å²) in [5.41, 5.74) is 0.957. The molecule has 0 bridgehead atoms. The number of amides is 1. The average Bonchev–Trinajstić information content (AvgIpc) is 2.62. The van der Waals surface area contributed by atoms with Crippen LogP contribution >= 0.6 is 0 Å². The Kier molecular flexibility index (Phi) is 5.33. The van der Waals surface area contributed by atoms with E-state index in [0.29, 0.717) is 11.9 Å². The van der Waals surface area contributed by atoms with Gasteiger partial charge >= 0.3 is 0 Å². The second-order valence-corrected chi connectivity index (χ2v) is 7.18. The van der Waals surface area contributed by atoms with E-state index in [1.807, 2.05) is 6.92 Å². The van der Waals surface area contributed by atoms with Crippen LogP contribution in [0.5, 0.6) is 0 Å². The molecule has 0 saturated carbocycles. The normalized spacial score (nSPS) is 20.7. The quantitative estimate of drug-likeness (QED) is 0.841. The van der Waals surface area contributed by atoms with Crippen molar-refractivity contribution in [3.05, 3.63) is 18.1 Å². The van der Waals surface area contributed by atoms with Crippen molar-refractivity contribution >= 4 is 11.7 Å². The molecule has 6 nitrogen and oxygen atoms in total. The lowest BCUT2D eigenvalue weighted by Crippen LogP contribution is -2.52. The van der Waals surface area contributed by atoms with Crippen LogP contribution in [0.4, 0.5) is 5.82 Å². The summed E-state index contributed by atoms with van der Waals surface area (Å²) in [4.78, 5) is 28.3. The van der Waals surface area contributed by atoms with Crippen molar-refractivity contribution in [2.75, 3.05) is 44.2 Å². The van der Waals surface area contributed by atoms with E-state index >= 15 is 0 Å². The van der Waals surface area contributed by atoms with Gasteiger partial charge in [-0.15, -0.1) is 0 Å². The molecular weight excluding hydrogens is 302 g/mol. The van der Waals surface area contributed by atoms with Gasteiger partial charge in [-0.05, 0) is 46.7 Å². The molecule has 0 aromatic carbocycles. The number of carbonyl (C=O) groups excluding carboxylic acids is 1. The molecule has 132 valence electrons. The number of piperidine rings is 1. The minimum Gasteiger partial charge on any atom is -0.352 e. The fourth-order valence-corrected chi connectivity index (χ4v) is 3.77. The number of nitrogens with zero attached hydrogens (tertiary/aromatic N) is 5. The number of hydrogen-bond donors (Lipinski definition) is 0. The first-order valence-corrected chi connectivity index (χ1v) is 9.11. The third-order valence-corrected chi connectivity index (χ3v) is 5.36. The van der Waals surface area contributed by atoms with Crippen LogP contribution in [0.1, 0.15) is 32.4 Å². The van der Waals surface area contributed by atoms with Gasteiger partial charge in [-0.3, -0.25) is 9.78 Å². The van der Waals surface area contributed by atoms with E-state index in [2.05, 4.69) is 38.5 Å². The molecule has 3 heterocycles. The average molecular weight is 331 g/mol. The smallest absolute Gasteiger partial charge is 0.225 e. The highest BCUT2D eigenvalue weighted by Crippen LogP contribution is 2.23. The van der Waals surface area contributed by atoms with Gasteiger partial charge in [0.2, 0.25) is 5.91 Å². The van der Waals surface area contributed by atoms with Crippen LogP contribution in [0.15, 0.2) is 12.4 Å². The molecule has 2 fully saturated rings. The van der Waals surface area contributed by atoms with E-state index in [9.17, 15) is 4.79 Å². The predicted molar refractivity (Wildman–Crippen MR) is 95.0 cm³/mol. The molecule has 0 unspecified atom stereocenters. The fraction of sp³-hybridized carbons (Fsp3) is 0.722. The first-order chi connectivity index (χ1) is 11.6. The summed E-state index contributed by atoms with van der Waals surface area (Å²) in [6, 6.07) is 0.583. The van der Waals surface area contributed by atoms with E-state index in [1.54, 1.807) is 12.4 Å². The van der Waals surface area contributed by atoms with Crippen LogP contribution in [0.25, 0.3) is 0 Å². The van der Waals surface area contributed by atoms with Crippen LogP contribution in [-0.4, -0.2) is 71.0 Å².